The van der Waals surface area contributed by atoms with Crippen molar-refractivity contribution >= 4 is 46.0 Å². The lowest BCUT2D eigenvalue weighted by Crippen LogP contribution is -2.25. The van der Waals surface area contributed by atoms with Crippen LogP contribution in [0, 0.1) is 0 Å². The molecular weight excluding hydrogens is 391 g/mol. The average Bonchev–Trinajstić information content (AvgIpc) is 2.61. The number of carboxylic acid groups (broad SMARTS) is 1. The van der Waals surface area contributed by atoms with Crippen LogP contribution < -0.4 is 10.9 Å². The number of pyridine rings is 1. The molecule has 1 heterocycles. The molecule has 1 amide bonds. The third-order valence-corrected chi connectivity index (χ3v) is 4.60. The van der Waals surface area contributed by atoms with Gasteiger partial charge < -0.3 is 15.4 Å². The highest BCUT2D eigenvalue weighted by Gasteiger charge is 2.14. The molecule has 0 radical (unpaired) electrons. The van der Waals surface area contributed by atoms with Gasteiger partial charge in [-0.1, -0.05) is 41.4 Å². The molecule has 27 heavy (non-hydrogen) atoms. The number of H-pyrrole nitrogens is 1. The van der Waals surface area contributed by atoms with Crippen LogP contribution in [0.25, 0.3) is 10.9 Å². The Hall–Kier alpha value is -2.83. The lowest BCUT2D eigenvalue weighted by molar-refractivity contribution is -0.120. The summed E-state index contributed by atoms with van der Waals surface area (Å²) < 4.78 is 0. The van der Waals surface area contributed by atoms with Crippen molar-refractivity contribution in [3.8, 4) is 0 Å². The topological polar surface area (TPSA) is 99.3 Å². The highest BCUT2D eigenvalue weighted by molar-refractivity contribution is 6.31. The summed E-state index contributed by atoms with van der Waals surface area (Å²) in [7, 11) is 0. The summed E-state index contributed by atoms with van der Waals surface area (Å²) in [5.74, 6) is -1.63. The van der Waals surface area contributed by atoms with Gasteiger partial charge in [0.25, 0.3) is 5.56 Å². The van der Waals surface area contributed by atoms with Gasteiger partial charge >= 0.3 is 5.97 Å². The van der Waals surface area contributed by atoms with Crippen molar-refractivity contribution in [3.63, 3.8) is 0 Å². The van der Waals surface area contributed by atoms with Crippen LogP contribution in [0.15, 0.2) is 47.3 Å². The number of aromatic amines is 1. The Labute approximate surface area is 163 Å². The number of rotatable bonds is 5. The molecule has 3 aromatic rings. The van der Waals surface area contributed by atoms with Crippen LogP contribution in [0.3, 0.4) is 0 Å². The SMILES string of the molecule is O=C(Cc1cc(Cl)cc2cc(C(=O)O)c(=O)[nH]c12)NCc1ccccc1Cl. The quantitative estimate of drug-likeness (QED) is 0.606. The Morgan fingerprint density at radius 3 is 2.52 bits per heavy atom. The number of nitrogens with one attached hydrogen (secondary N) is 2. The van der Waals surface area contributed by atoms with E-state index in [-0.39, 0.29) is 24.4 Å². The molecular formula is C19H14Cl2N2O4. The van der Waals surface area contributed by atoms with Gasteiger partial charge in [-0.2, -0.15) is 0 Å². The van der Waals surface area contributed by atoms with Crippen LogP contribution in [-0.2, 0) is 17.8 Å². The second-order valence-electron chi connectivity index (χ2n) is 5.89. The molecule has 2 aromatic carbocycles. The Bertz CT molecular complexity index is 1110. The van der Waals surface area contributed by atoms with Crippen LogP contribution in [0.4, 0.5) is 0 Å². The number of benzene rings is 2. The highest BCUT2D eigenvalue weighted by Crippen LogP contribution is 2.23. The number of halogens is 2. The molecule has 8 heteroatoms. The maximum atomic E-state index is 12.3. The zero-order chi connectivity index (χ0) is 19.6. The van der Waals surface area contributed by atoms with Gasteiger partial charge in [0.1, 0.15) is 5.56 Å². The zero-order valence-corrected chi connectivity index (χ0v) is 15.4. The van der Waals surface area contributed by atoms with E-state index in [0.29, 0.717) is 26.5 Å². The van der Waals surface area contributed by atoms with E-state index >= 15 is 0 Å². The number of aromatic carboxylic acids is 1. The molecule has 0 fully saturated rings. The van der Waals surface area contributed by atoms with E-state index in [1.54, 1.807) is 18.2 Å². The predicted molar refractivity (Wildman–Crippen MR) is 104 cm³/mol. The van der Waals surface area contributed by atoms with Crippen molar-refractivity contribution in [1.29, 1.82) is 0 Å². The largest absolute Gasteiger partial charge is 0.477 e. The number of hydrogen-bond donors (Lipinski definition) is 3. The smallest absolute Gasteiger partial charge is 0.341 e. The van der Waals surface area contributed by atoms with Gasteiger partial charge in [-0.3, -0.25) is 9.59 Å². The number of carbonyl (C=O) groups is 2. The first-order valence-electron chi connectivity index (χ1n) is 7.94. The number of carbonyl (C=O) groups excluding carboxylic acids is 1. The summed E-state index contributed by atoms with van der Waals surface area (Å²) >= 11 is 12.2. The first kappa shape index (κ1) is 18.9. The number of amides is 1. The molecule has 6 nitrogen and oxygen atoms in total. The Morgan fingerprint density at radius 1 is 1.07 bits per heavy atom. The lowest BCUT2D eigenvalue weighted by atomic mass is 10.0. The molecule has 0 unspecified atom stereocenters. The van der Waals surface area contributed by atoms with Crippen molar-refractivity contribution in [2.24, 2.45) is 0 Å². The minimum absolute atomic E-state index is 0.0378. The van der Waals surface area contributed by atoms with Crippen molar-refractivity contribution in [3.05, 3.63) is 79.6 Å². The summed E-state index contributed by atoms with van der Waals surface area (Å²) in [4.78, 5) is 38.0. The molecule has 3 N–H and O–H groups in total. The Kier molecular flexibility index (Phi) is 5.48. The standard InChI is InChI=1S/C19H14Cl2N2O4/c20-13-5-11-7-14(19(26)27)18(25)23-17(11)12(6-13)8-16(24)22-9-10-3-1-2-4-15(10)21/h1-7H,8-9H2,(H,22,24)(H,23,25)(H,26,27). The van der Waals surface area contributed by atoms with Crippen molar-refractivity contribution in [2.45, 2.75) is 13.0 Å². The van der Waals surface area contributed by atoms with Gasteiger partial charge in [-0.15, -0.1) is 0 Å². The molecule has 0 saturated carbocycles. The average molecular weight is 405 g/mol. The van der Waals surface area contributed by atoms with Gasteiger partial charge in [0.05, 0.1) is 11.9 Å². The minimum atomic E-state index is -1.34. The van der Waals surface area contributed by atoms with Gasteiger partial charge in [-0.25, -0.2) is 4.79 Å². The van der Waals surface area contributed by atoms with Crippen LogP contribution in [0.2, 0.25) is 10.0 Å². The molecule has 0 saturated heterocycles. The Morgan fingerprint density at radius 2 is 1.81 bits per heavy atom. The number of aromatic nitrogens is 1. The lowest BCUT2D eigenvalue weighted by Gasteiger charge is -2.10. The predicted octanol–water partition coefficient (Wildman–Crippen LogP) is 3.39. The highest BCUT2D eigenvalue weighted by atomic mass is 35.5. The van der Waals surface area contributed by atoms with Crippen LogP contribution in [0.5, 0.6) is 0 Å². The minimum Gasteiger partial charge on any atom is -0.477 e. The molecule has 0 aliphatic heterocycles. The first-order valence-corrected chi connectivity index (χ1v) is 8.69. The molecule has 0 aliphatic rings. The summed E-state index contributed by atoms with van der Waals surface area (Å²) in [6.07, 6.45) is -0.0378. The van der Waals surface area contributed by atoms with Crippen molar-refractivity contribution < 1.29 is 14.7 Å². The Balaban J connectivity index is 1.86. The fourth-order valence-electron chi connectivity index (χ4n) is 2.72. The number of hydrogen-bond acceptors (Lipinski definition) is 3. The molecule has 3 rings (SSSR count). The summed E-state index contributed by atoms with van der Waals surface area (Å²) in [5, 5.41) is 13.2. The summed E-state index contributed by atoms with van der Waals surface area (Å²) in [6.45, 7) is 0.261. The van der Waals surface area contributed by atoms with Gasteiger partial charge in [0, 0.05) is 22.0 Å². The van der Waals surface area contributed by atoms with Gasteiger partial charge in [-0.05, 0) is 35.4 Å². The van der Waals surface area contributed by atoms with Crippen molar-refractivity contribution in [1.82, 2.24) is 10.3 Å². The number of fused-ring (bicyclic) bond motifs is 1. The van der Waals surface area contributed by atoms with E-state index in [0.717, 1.165) is 5.56 Å². The fourth-order valence-corrected chi connectivity index (χ4v) is 3.18. The van der Waals surface area contributed by atoms with Crippen LogP contribution >= 0.6 is 23.2 Å². The van der Waals surface area contributed by atoms with Gasteiger partial charge in [0.2, 0.25) is 5.91 Å². The maximum absolute atomic E-state index is 12.3. The summed E-state index contributed by atoms with van der Waals surface area (Å²) in [5.41, 5.74) is 0.516. The van der Waals surface area contributed by atoms with E-state index in [1.165, 1.54) is 12.1 Å². The van der Waals surface area contributed by atoms with Crippen LogP contribution in [0.1, 0.15) is 21.5 Å². The molecule has 1 aromatic heterocycles. The maximum Gasteiger partial charge on any atom is 0.341 e. The second kappa shape index (κ2) is 7.82. The monoisotopic (exact) mass is 404 g/mol. The van der Waals surface area contributed by atoms with Crippen molar-refractivity contribution in [2.75, 3.05) is 0 Å². The molecule has 0 aliphatic carbocycles. The number of carboxylic acids is 1. The second-order valence-corrected chi connectivity index (χ2v) is 6.73. The molecule has 0 bridgehead atoms. The fraction of sp³-hybridized carbons (Fsp3) is 0.105. The molecule has 138 valence electrons. The van der Waals surface area contributed by atoms with E-state index in [9.17, 15) is 14.4 Å². The zero-order valence-electron chi connectivity index (χ0n) is 13.9. The third-order valence-electron chi connectivity index (χ3n) is 4.01. The molecule has 0 spiro atoms. The van der Waals surface area contributed by atoms with E-state index < -0.39 is 11.5 Å². The first-order chi connectivity index (χ1) is 12.8. The van der Waals surface area contributed by atoms with Crippen LogP contribution in [-0.4, -0.2) is 22.0 Å². The van der Waals surface area contributed by atoms with E-state index in [1.807, 2.05) is 12.1 Å². The molecule has 0 atom stereocenters. The van der Waals surface area contributed by atoms with E-state index in [2.05, 4.69) is 10.3 Å². The normalized spacial score (nSPS) is 10.7. The third kappa shape index (κ3) is 4.30. The van der Waals surface area contributed by atoms with E-state index in [4.69, 9.17) is 28.3 Å². The van der Waals surface area contributed by atoms with Gasteiger partial charge in [0.15, 0.2) is 0 Å². The summed E-state index contributed by atoms with van der Waals surface area (Å²) in [6, 6.07) is 11.5.